The van der Waals surface area contributed by atoms with Gasteiger partial charge in [-0.25, -0.2) is 14.8 Å². The largest absolute Gasteiger partial charge is 0.340 e. The van der Waals surface area contributed by atoms with Crippen molar-refractivity contribution in [3.8, 4) is 16.8 Å². The van der Waals surface area contributed by atoms with E-state index in [1.54, 1.807) is 10.8 Å². The molecule has 0 bridgehead atoms. The molecular weight excluding hydrogens is 424 g/mol. The predicted octanol–water partition coefficient (Wildman–Crippen LogP) is 4.03. The molecule has 0 amide bonds. The first-order valence-corrected chi connectivity index (χ1v) is 11.6. The molecule has 3 aromatic heterocycles. The average Bonchev–Trinajstić information content (AvgIpc) is 3.57. The van der Waals surface area contributed by atoms with Gasteiger partial charge < -0.3 is 4.57 Å². The molecule has 170 valence electrons. The van der Waals surface area contributed by atoms with Crippen LogP contribution in [0.1, 0.15) is 18.2 Å². The molecule has 7 nitrogen and oxygen atoms in total. The molecule has 5 aromatic rings. The molecule has 1 aliphatic rings. The number of aryl methyl sites for hydroxylation is 1. The SMILES string of the molecule is Cn1cnc(CN2CCC(n3c(=O)n(-c4ccc(-c5ccccc5)cc4)c4cccnc43)C2)c1. The first-order valence-electron chi connectivity index (χ1n) is 11.6. The maximum Gasteiger partial charge on any atom is 0.335 e. The zero-order chi connectivity index (χ0) is 23.1. The number of benzene rings is 2. The van der Waals surface area contributed by atoms with Gasteiger partial charge in [0.2, 0.25) is 0 Å². The van der Waals surface area contributed by atoms with Gasteiger partial charge in [0.05, 0.1) is 29.3 Å². The second kappa shape index (κ2) is 8.43. The van der Waals surface area contributed by atoms with Crippen LogP contribution >= 0.6 is 0 Å². The van der Waals surface area contributed by atoms with E-state index in [1.807, 2.05) is 71.2 Å². The zero-order valence-corrected chi connectivity index (χ0v) is 19.1. The molecule has 1 unspecified atom stereocenters. The highest BCUT2D eigenvalue weighted by Gasteiger charge is 2.29. The van der Waals surface area contributed by atoms with Crippen LogP contribution in [0.25, 0.3) is 28.0 Å². The van der Waals surface area contributed by atoms with Gasteiger partial charge in [0, 0.05) is 39.1 Å². The number of likely N-dealkylation sites (tertiary alicyclic amines) is 1. The Bertz CT molecular complexity index is 1500. The zero-order valence-electron chi connectivity index (χ0n) is 19.1. The van der Waals surface area contributed by atoms with Crippen LogP contribution in [0.15, 0.2) is 90.2 Å². The fourth-order valence-electron chi connectivity index (χ4n) is 5.01. The second-order valence-corrected chi connectivity index (χ2v) is 8.96. The third kappa shape index (κ3) is 3.64. The number of aromatic nitrogens is 5. The summed E-state index contributed by atoms with van der Waals surface area (Å²) in [5.41, 5.74) is 5.72. The van der Waals surface area contributed by atoms with Crippen LogP contribution in [0.5, 0.6) is 0 Å². The Balaban J connectivity index is 1.34. The first kappa shape index (κ1) is 20.6. The van der Waals surface area contributed by atoms with E-state index in [1.165, 1.54) is 0 Å². The summed E-state index contributed by atoms with van der Waals surface area (Å²) in [7, 11) is 1.98. The Morgan fingerprint density at radius 2 is 1.74 bits per heavy atom. The molecule has 1 atom stereocenters. The minimum absolute atomic E-state index is 0.0363. The van der Waals surface area contributed by atoms with Gasteiger partial charge in [-0.15, -0.1) is 0 Å². The Morgan fingerprint density at radius 3 is 2.50 bits per heavy atom. The highest BCUT2D eigenvalue weighted by molar-refractivity contribution is 5.75. The van der Waals surface area contributed by atoms with Crippen molar-refractivity contribution in [2.75, 3.05) is 13.1 Å². The highest BCUT2D eigenvalue weighted by Crippen LogP contribution is 2.27. The number of pyridine rings is 1. The Kier molecular flexibility index (Phi) is 5.11. The first-order chi connectivity index (χ1) is 16.7. The number of hydrogen-bond donors (Lipinski definition) is 0. The number of imidazole rings is 2. The van der Waals surface area contributed by atoms with Gasteiger partial charge >= 0.3 is 5.69 Å². The van der Waals surface area contributed by atoms with Gasteiger partial charge in [0.25, 0.3) is 0 Å². The lowest BCUT2D eigenvalue weighted by Crippen LogP contribution is -2.29. The van der Waals surface area contributed by atoms with E-state index in [0.29, 0.717) is 0 Å². The normalized spacial score (nSPS) is 16.4. The topological polar surface area (TPSA) is 60.9 Å². The lowest BCUT2D eigenvalue weighted by atomic mass is 10.1. The van der Waals surface area contributed by atoms with Crippen LogP contribution in [0.3, 0.4) is 0 Å². The molecule has 0 saturated carbocycles. The molecule has 1 aliphatic heterocycles. The molecule has 34 heavy (non-hydrogen) atoms. The number of nitrogens with zero attached hydrogens (tertiary/aromatic N) is 6. The van der Waals surface area contributed by atoms with Gasteiger partial charge in [0.1, 0.15) is 0 Å². The lowest BCUT2D eigenvalue weighted by Gasteiger charge is -2.15. The highest BCUT2D eigenvalue weighted by atomic mass is 16.2. The van der Waals surface area contributed by atoms with Crippen LogP contribution in [0.4, 0.5) is 0 Å². The number of rotatable bonds is 5. The monoisotopic (exact) mass is 450 g/mol. The van der Waals surface area contributed by atoms with Crippen molar-refractivity contribution < 1.29 is 0 Å². The standard InChI is InChI=1S/C27H26N6O/c1-30-16-22(29-19-30)17-31-15-13-24(18-31)33-26-25(8-5-14-28-26)32(27(33)34)23-11-9-21(10-12-23)20-6-3-2-4-7-20/h2-12,14,16,19,24H,13,15,17-18H2,1H3. The fourth-order valence-corrected chi connectivity index (χ4v) is 5.01. The molecule has 0 N–H and O–H groups in total. The number of fused-ring (bicyclic) bond motifs is 1. The summed E-state index contributed by atoms with van der Waals surface area (Å²) in [5, 5.41) is 0. The predicted molar refractivity (Wildman–Crippen MR) is 133 cm³/mol. The van der Waals surface area contributed by atoms with Crippen LogP contribution in [-0.2, 0) is 13.6 Å². The van der Waals surface area contributed by atoms with Crippen LogP contribution < -0.4 is 5.69 Å². The molecular formula is C27H26N6O. The molecule has 2 aromatic carbocycles. The molecule has 6 rings (SSSR count). The summed E-state index contributed by atoms with van der Waals surface area (Å²) < 4.78 is 5.64. The van der Waals surface area contributed by atoms with Crippen molar-refractivity contribution in [3.05, 3.63) is 102 Å². The van der Waals surface area contributed by atoms with E-state index in [0.717, 1.165) is 59.7 Å². The van der Waals surface area contributed by atoms with Crippen molar-refractivity contribution in [2.24, 2.45) is 7.05 Å². The Labute approximate surface area is 197 Å². The lowest BCUT2D eigenvalue weighted by molar-refractivity contribution is 0.312. The summed E-state index contributed by atoms with van der Waals surface area (Å²) in [4.78, 5) is 25.2. The van der Waals surface area contributed by atoms with E-state index >= 15 is 0 Å². The quantitative estimate of drug-likeness (QED) is 0.406. The van der Waals surface area contributed by atoms with E-state index < -0.39 is 0 Å². The molecule has 0 aliphatic carbocycles. The maximum atomic E-state index is 13.8. The Morgan fingerprint density at radius 1 is 0.941 bits per heavy atom. The maximum absolute atomic E-state index is 13.8. The van der Waals surface area contributed by atoms with Crippen LogP contribution in [0.2, 0.25) is 0 Å². The summed E-state index contributed by atoms with van der Waals surface area (Å²) in [6.07, 6.45) is 6.55. The molecule has 7 heteroatoms. The third-order valence-electron chi connectivity index (χ3n) is 6.62. The molecule has 0 radical (unpaired) electrons. The Hall–Kier alpha value is -3.97. The van der Waals surface area contributed by atoms with Gasteiger partial charge in [-0.2, -0.15) is 0 Å². The summed E-state index contributed by atoms with van der Waals surface area (Å²) in [6.45, 7) is 2.52. The van der Waals surface area contributed by atoms with Crippen molar-refractivity contribution in [2.45, 2.75) is 19.0 Å². The molecule has 0 spiro atoms. The molecule has 1 fully saturated rings. The molecule has 1 saturated heterocycles. The summed E-state index contributed by atoms with van der Waals surface area (Å²) in [5.74, 6) is 0. The van der Waals surface area contributed by atoms with E-state index in [9.17, 15) is 4.79 Å². The van der Waals surface area contributed by atoms with Gasteiger partial charge in [-0.1, -0.05) is 42.5 Å². The van der Waals surface area contributed by atoms with Gasteiger partial charge in [-0.05, 0) is 41.8 Å². The number of hydrogen-bond acceptors (Lipinski definition) is 4. The van der Waals surface area contributed by atoms with E-state index in [2.05, 4.69) is 39.1 Å². The second-order valence-electron chi connectivity index (χ2n) is 8.96. The van der Waals surface area contributed by atoms with Gasteiger partial charge in [-0.3, -0.25) is 14.0 Å². The summed E-state index contributed by atoms with van der Waals surface area (Å²) in [6, 6.07) is 22.4. The van der Waals surface area contributed by atoms with E-state index in [4.69, 9.17) is 0 Å². The van der Waals surface area contributed by atoms with E-state index in [-0.39, 0.29) is 11.7 Å². The van der Waals surface area contributed by atoms with Crippen molar-refractivity contribution in [1.29, 1.82) is 0 Å². The van der Waals surface area contributed by atoms with Gasteiger partial charge in [0.15, 0.2) is 5.65 Å². The fraction of sp³-hybridized carbons (Fsp3) is 0.222. The summed E-state index contributed by atoms with van der Waals surface area (Å²) >= 11 is 0. The van der Waals surface area contributed by atoms with Crippen molar-refractivity contribution >= 4 is 11.2 Å². The average molecular weight is 451 g/mol. The van der Waals surface area contributed by atoms with Crippen LogP contribution in [0, 0.1) is 0 Å². The van der Waals surface area contributed by atoms with Crippen LogP contribution in [-0.4, -0.2) is 41.7 Å². The van der Waals surface area contributed by atoms with Crippen molar-refractivity contribution in [3.63, 3.8) is 0 Å². The minimum atomic E-state index is -0.0363. The minimum Gasteiger partial charge on any atom is -0.340 e. The molecule has 4 heterocycles. The smallest absolute Gasteiger partial charge is 0.335 e. The third-order valence-corrected chi connectivity index (χ3v) is 6.62. The van der Waals surface area contributed by atoms with Crippen molar-refractivity contribution in [1.82, 2.24) is 28.6 Å².